The van der Waals surface area contributed by atoms with E-state index in [1.165, 1.54) is 0 Å². The second-order valence-electron chi connectivity index (χ2n) is 3.63. The molecule has 0 bridgehead atoms. The van der Waals surface area contributed by atoms with Crippen LogP contribution in [-0.4, -0.2) is 27.3 Å². The van der Waals surface area contributed by atoms with E-state index >= 15 is 0 Å². The summed E-state index contributed by atoms with van der Waals surface area (Å²) >= 11 is 0. The van der Waals surface area contributed by atoms with E-state index in [0.29, 0.717) is 11.1 Å². The number of hydrogen-bond donors (Lipinski definition) is 2. The lowest BCUT2D eigenvalue weighted by Gasteiger charge is -2.06. The highest BCUT2D eigenvalue weighted by Crippen LogP contribution is 2.09. The summed E-state index contributed by atoms with van der Waals surface area (Å²) in [5, 5.41) is 24.7. The molecule has 5 heteroatoms. The molecule has 4 N–H and O–H groups in total. The molecule has 0 saturated heterocycles. The first-order chi connectivity index (χ1) is 8.86. The van der Waals surface area contributed by atoms with Gasteiger partial charge in [0.25, 0.3) is 0 Å². The molecule has 0 spiro atoms. The number of rotatable bonds is 3. The zero-order chi connectivity index (χ0) is 12.8. The van der Waals surface area contributed by atoms with E-state index in [9.17, 15) is 0 Å². The lowest BCUT2D eigenvalue weighted by atomic mass is 10.0. The average Bonchev–Trinajstić information content (AvgIpc) is 2.46. The van der Waals surface area contributed by atoms with Gasteiger partial charge in [-0.1, -0.05) is 71.0 Å². The maximum Gasteiger partial charge on any atom is 0.139 e. The summed E-state index contributed by atoms with van der Waals surface area (Å²) in [6.07, 6.45) is 0. The third-order valence-electron chi connectivity index (χ3n) is 2.52. The highest BCUT2D eigenvalue weighted by molar-refractivity contribution is 6.53. The summed E-state index contributed by atoms with van der Waals surface area (Å²) in [7, 11) is 0. The predicted octanol–water partition coefficient (Wildman–Crippen LogP) is 1.92. The van der Waals surface area contributed by atoms with Gasteiger partial charge in [0.2, 0.25) is 0 Å². The van der Waals surface area contributed by atoms with Gasteiger partial charge < -0.3 is 15.9 Å². The van der Waals surface area contributed by atoms with Gasteiger partial charge in [-0.25, -0.2) is 0 Å². The molecule has 0 fully saturated rings. The maximum absolute atomic E-state index is 9.14. The van der Waals surface area contributed by atoms with Crippen molar-refractivity contribution in [1.82, 2.24) is 0 Å². The van der Waals surface area contributed by atoms with Crippen LogP contribution in [-0.2, 0) is 0 Å². The van der Waals surface area contributed by atoms with Crippen molar-refractivity contribution < 1.29 is 15.9 Å². The summed E-state index contributed by atoms with van der Waals surface area (Å²) in [4.78, 5) is 0. The van der Waals surface area contributed by atoms with E-state index < -0.39 is 0 Å². The van der Waals surface area contributed by atoms with Gasteiger partial charge in [0, 0.05) is 11.1 Å². The molecular weight excluding hydrogens is 244 g/mol. The third-order valence-corrected chi connectivity index (χ3v) is 2.52. The van der Waals surface area contributed by atoms with Gasteiger partial charge in [-0.15, -0.1) is 0 Å². The van der Waals surface area contributed by atoms with Crippen molar-refractivity contribution in [2.75, 3.05) is 0 Å². The summed E-state index contributed by atoms with van der Waals surface area (Å²) in [6.45, 7) is 0. The van der Waals surface area contributed by atoms with Gasteiger partial charge in [-0.05, 0) is 0 Å². The fourth-order valence-corrected chi connectivity index (χ4v) is 1.68. The van der Waals surface area contributed by atoms with Crippen LogP contribution in [0.3, 0.4) is 0 Å². The van der Waals surface area contributed by atoms with Crippen LogP contribution >= 0.6 is 0 Å². The molecular formula is C14H14N2O3. The van der Waals surface area contributed by atoms with Crippen LogP contribution in [0.1, 0.15) is 11.1 Å². The molecule has 2 aromatic carbocycles. The minimum atomic E-state index is 0. The topological polar surface area (TPSA) is 96.7 Å². The van der Waals surface area contributed by atoms with Gasteiger partial charge in [-0.2, -0.15) is 0 Å². The van der Waals surface area contributed by atoms with Gasteiger partial charge in [-0.3, -0.25) is 0 Å². The lowest BCUT2D eigenvalue weighted by molar-refractivity contribution is 0.314. The van der Waals surface area contributed by atoms with Crippen LogP contribution < -0.4 is 0 Å². The summed E-state index contributed by atoms with van der Waals surface area (Å²) in [5.74, 6) is 0. The number of hydrogen-bond acceptors (Lipinski definition) is 4. The Morgan fingerprint density at radius 3 is 1.21 bits per heavy atom. The fraction of sp³-hybridized carbons (Fsp3) is 0. The molecule has 2 rings (SSSR count). The number of oxime groups is 2. The Morgan fingerprint density at radius 1 is 0.632 bits per heavy atom. The summed E-state index contributed by atoms with van der Waals surface area (Å²) < 4.78 is 0. The first-order valence-corrected chi connectivity index (χ1v) is 5.42. The van der Waals surface area contributed by atoms with Crippen LogP contribution in [0.4, 0.5) is 0 Å². The van der Waals surface area contributed by atoms with Crippen LogP contribution in [0.5, 0.6) is 0 Å². The molecule has 19 heavy (non-hydrogen) atoms. The van der Waals surface area contributed by atoms with Crippen LogP contribution in [0, 0.1) is 0 Å². The van der Waals surface area contributed by atoms with Crippen LogP contribution in [0.2, 0.25) is 0 Å². The molecule has 0 aliphatic heterocycles. The van der Waals surface area contributed by atoms with Crippen molar-refractivity contribution in [2.24, 2.45) is 10.3 Å². The Bertz CT molecular complexity index is 512. The van der Waals surface area contributed by atoms with E-state index in [-0.39, 0.29) is 16.9 Å². The average molecular weight is 258 g/mol. The van der Waals surface area contributed by atoms with Crippen molar-refractivity contribution in [3.05, 3.63) is 71.8 Å². The Kier molecular flexibility index (Phi) is 5.25. The standard InChI is InChI=1S/C14H12N2O2.H2O/c17-15-13(11-7-3-1-4-8-11)14(16-18)12-9-5-2-6-10-12;/h1-10,17-18H;1H2. The van der Waals surface area contributed by atoms with E-state index in [4.69, 9.17) is 10.4 Å². The monoisotopic (exact) mass is 258 g/mol. The molecule has 0 radical (unpaired) electrons. The second-order valence-corrected chi connectivity index (χ2v) is 3.63. The highest BCUT2D eigenvalue weighted by Gasteiger charge is 2.15. The van der Waals surface area contributed by atoms with Crippen molar-refractivity contribution >= 4 is 11.4 Å². The number of benzene rings is 2. The summed E-state index contributed by atoms with van der Waals surface area (Å²) in [6, 6.07) is 18.1. The third kappa shape index (κ3) is 3.17. The molecule has 0 aliphatic carbocycles. The quantitative estimate of drug-likeness (QED) is 0.499. The molecule has 0 saturated carbocycles. The van der Waals surface area contributed by atoms with Gasteiger partial charge in [0.05, 0.1) is 0 Å². The zero-order valence-corrected chi connectivity index (χ0v) is 10.1. The molecule has 0 unspecified atom stereocenters. The predicted molar refractivity (Wildman–Crippen MR) is 73.1 cm³/mol. The Labute approximate surface area is 110 Å². The van der Waals surface area contributed by atoms with Gasteiger partial charge in [0.15, 0.2) is 0 Å². The van der Waals surface area contributed by atoms with Gasteiger partial charge >= 0.3 is 0 Å². The normalized spacial score (nSPS) is 11.8. The first kappa shape index (κ1) is 14.4. The smallest absolute Gasteiger partial charge is 0.139 e. The SMILES string of the molecule is O.ON=C(C(=NO)c1ccccc1)c1ccccc1. The van der Waals surface area contributed by atoms with Crippen molar-refractivity contribution in [1.29, 1.82) is 0 Å². The number of nitrogens with zero attached hydrogens (tertiary/aromatic N) is 2. The molecule has 0 atom stereocenters. The molecule has 0 aliphatic rings. The Morgan fingerprint density at radius 2 is 0.947 bits per heavy atom. The Balaban J connectivity index is 0.00000180. The first-order valence-electron chi connectivity index (χ1n) is 5.42. The van der Waals surface area contributed by atoms with E-state index in [0.717, 1.165) is 0 Å². The minimum Gasteiger partial charge on any atom is -0.412 e. The second kappa shape index (κ2) is 6.93. The van der Waals surface area contributed by atoms with Gasteiger partial charge in [0.1, 0.15) is 11.4 Å². The molecule has 5 nitrogen and oxygen atoms in total. The fourth-order valence-electron chi connectivity index (χ4n) is 1.68. The van der Waals surface area contributed by atoms with Crippen LogP contribution in [0.25, 0.3) is 0 Å². The van der Waals surface area contributed by atoms with E-state index in [2.05, 4.69) is 10.3 Å². The minimum absolute atomic E-state index is 0. The lowest BCUT2D eigenvalue weighted by Crippen LogP contribution is -2.17. The molecule has 0 heterocycles. The molecule has 0 amide bonds. The molecule has 98 valence electrons. The highest BCUT2D eigenvalue weighted by atomic mass is 16.4. The van der Waals surface area contributed by atoms with Crippen molar-refractivity contribution in [2.45, 2.75) is 0 Å². The summed E-state index contributed by atoms with van der Waals surface area (Å²) in [5.41, 5.74) is 1.81. The maximum atomic E-state index is 9.14. The molecule has 2 aromatic rings. The van der Waals surface area contributed by atoms with Crippen molar-refractivity contribution in [3.8, 4) is 0 Å². The zero-order valence-electron chi connectivity index (χ0n) is 10.1. The van der Waals surface area contributed by atoms with Crippen molar-refractivity contribution in [3.63, 3.8) is 0 Å². The van der Waals surface area contributed by atoms with E-state index in [1.54, 1.807) is 24.3 Å². The largest absolute Gasteiger partial charge is 0.412 e. The van der Waals surface area contributed by atoms with E-state index in [1.807, 2.05) is 36.4 Å². The molecule has 0 aromatic heterocycles. The Hall–Kier alpha value is -2.66. The van der Waals surface area contributed by atoms with Crippen LogP contribution in [0.15, 0.2) is 71.0 Å².